The van der Waals surface area contributed by atoms with Crippen LogP contribution in [-0.2, 0) is 17.8 Å². The molecule has 1 amide bonds. The van der Waals surface area contributed by atoms with Crippen LogP contribution in [0.5, 0.6) is 11.5 Å². The summed E-state index contributed by atoms with van der Waals surface area (Å²) in [5.41, 5.74) is 3.30. The molecule has 0 radical (unpaired) electrons. The fraction of sp³-hybridized carbons (Fsp3) is 0.278. The largest absolute Gasteiger partial charge is 0.497 e. The molecule has 1 aromatic heterocycles. The van der Waals surface area contributed by atoms with Crippen LogP contribution in [0.3, 0.4) is 0 Å². The zero-order chi connectivity index (χ0) is 17.2. The van der Waals surface area contributed by atoms with Gasteiger partial charge in [-0.2, -0.15) is 0 Å². The van der Waals surface area contributed by atoms with Crippen molar-refractivity contribution in [2.24, 2.45) is 5.92 Å². The molecule has 0 saturated heterocycles. The van der Waals surface area contributed by atoms with E-state index >= 15 is 0 Å². The molecule has 3 aromatic rings. The SMILES string of the molecule is COc1ccc2c(c1)CC(C(=O)NCc1ccc3nonc3c1)CO2. The van der Waals surface area contributed by atoms with Crippen molar-refractivity contribution in [3.05, 3.63) is 47.5 Å². The van der Waals surface area contributed by atoms with E-state index in [0.29, 0.717) is 30.6 Å². The average Bonchev–Trinajstić information content (AvgIpc) is 3.13. The smallest absolute Gasteiger partial charge is 0.227 e. The van der Waals surface area contributed by atoms with Crippen LogP contribution < -0.4 is 14.8 Å². The van der Waals surface area contributed by atoms with Crippen LogP contribution in [0.1, 0.15) is 11.1 Å². The molecule has 25 heavy (non-hydrogen) atoms. The Bertz CT molecular complexity index is 922. The number of nitrogens with one attached hydrogen (secondary N) is 1. The lowest BCUT2D eigenvalue weighted by Gasteiger charge is -2.25. The van der Waals surface area contributed by atoms with Crippen molar-refractivity contribution in [3.63, 3.8) is 0 Å². The molecule has 4 rings (SSSR count). The molecule has 0 spiro atoms. The molecule has 2 aromatic carbocycles. The summed E-state index contributed by atoms with van der Waals surface area (Å²) >= 11 is 0. The quantitative estimate of drug-likeness (QED) is 0.783. The van der Waals surface area contributed by atoms with Gasteiger partial charge in [-0.15, -0.1) is 0 Å². The Morgan fingerprint density at radius 3 is 3.00 bits per heavy atom. The van der Waals surface area contributed by atoms with Gasteiger partial charge in [-0.25, -0.2) is 4.63 Å². The minimum atomic E-state index is -0.225. The average molecular weight is 339 g/mol. The van der Waals surface area contributed by atoms with E-state index in [4.69, 9.17) is 9.47 Å². The lowest BCUT2D eigenvalue weighted by molar-refractivity contribution is -0.126. The molecule has 0 saturated carbocycles. The molecular weight excluding hydrogens is 322 g/mol. The molecule has 0 fully saturated rings. The van der Waals surface area contributed by atoms with Crippen molar-refractivity contribution in [1.29, 1.82) is 0 Å². The Hall–Kier alpha value is -3.09. The van der Waals surface area contributed by atoms with Gasteiger partial charge in [0.25, 0.3) is 0 Å². The number of fused-ring (bicyclic) bond motifs is 2. The van der Waals surface area contributed by atoms with Crippen molar-refractivity contribution in [1.82, 2.24) is 15.6 Å². The van der Waals surface area contributed by atoms with Crippen LogP contribution >= 0.6 is 0 Å². The highest BCUT2D eigenvalue weighted by atomic mass is 16.6. The van der Waals surface area contributed by atoms with Crippen LogP contribution in [-0.4, -0.2) is 29.9 Å². The zero-order valence-electron chi connectivity index (χ0n) is 13.7. The van der Waals surface area contributed by atoms with E-state index in [9.17, 15) is 4.79 Å². The van der Waals surface area contributed by atoms with Crippen molar-refractivity contribution < 1.29 is 18.9 Å². The van der Waals surface area contributed by atoms with Gasteiger partial charge in [0.05, 0.1) is 13.0 Å². The Morgan fingerprint density at radius 2 is 2.12 bits per heavy atom. The van der Waals surface area contributed by atoms with E-state index in [0.717, 1.165) is 22.6 Å². The Balaban J connectivity index is 1.41. The molecule has 1 aliphatic heterocycles. The van der Waals surface area contributed by atoms with Crippen LogP contribution in [0, 0.1) is 5.92 Å². The second-order valence-corrected chi connectivity index (χ2v) is 5.99. The van der Waals surface area contributed by atoms with Gasteiger partial charge in [0.1, 0.15) is 29.1 Å². The number of rotatable bonds is 4. The van der Waals surface area contributed by atoms with E-state index in [1.54, 1.807) is 7.11 Å². The second-order valence-electron chi connectivity index (χ2n) is 5.99. The van der Waals surface area contributed by atoms with Gasteiger partial charge in [0.2, 0.25) is 5.91 Å². The van der Waals surface area contributed by atoms with Crippen molar-refractivity contribution in [2.45, 2.75) is 13.0 Å². The zero-order valence-corrected chi connectivity index (χ0v) is 13.7. The van der Waals surface area contributed by atoms with E-state index in [-0.39, 0.29) is 11.8 Å². The fourth-order valence-electron chi connectivity index (χ4n) is 2.94. The summed E-state index contributed by atoms with van der Waals surface area (Å²) < 4.78 is 15.6. The first-order valence-electron chi connectivity index (χ1n) is 8.01. The minimum Gasteiger partial charge on any atom is -0.497 e. The number of hydrogen-bond acceptors (Lipinski definition) is 6. The van der Waals surface area contributed by atoms with Crippen molar-refractivity contribution in [3.8, 4) is 11.5 Å². The monoisotopic (exact) mass is 339 g/mol. The van der Waals surface area contributed by atoms with E-state index in [1.165, 1.54) is 0 Å². The number of nitrogens with zero attached hydrogens (tertiary/aromatic N) is 2. The molecule has 7 nitrogen and oxygen atoms in total. The van der Waals surface area contributed by atoms with Gasteiger partial charge in [0, 0.05) is 6.54 Å². The highest BCUT2D eigenvalue weighted by Crippen LogP contribution is 2.30. The maximum Gasteiger partial charge on any atom is 0.227 e. The normalized spacial score (nSPS) is 16.1. The lowest BCUT2D eigenvalue weighted by Crippen LogP contribution is -2.37. The van der Waals surface area contributed by atoms with Crippen molar-refractivity contribution in [2.75, 3.05) is 13.7 Å². The fourth-order valence-corrected chi connectivity index (χ4v) is 2.94. The number of benzene rings is 2. The van der Waals surface area contributed by atoms with E-state index in [1.807, 2.05) is 36.4 Å². The van der Waals surface area contributed by atoms with Crippen molar-refractivity contribution >= 4 is 16.9 Å². The standard InChI is InChI=1S/C18H17N3O4/c1-23-14-3-5-17-12(8-14)7-13(10-24-17)18(22)19-9-11-2-4-15-16(6-11)21-25-20-15/h2-6,8,13H,7,9-10H2,1H3,(H,19,22). The Labute approximate surface area is 143 Å². The first-order valence-corrected chi connectivity index (χ1v) is 8.01. The molecule has 0 aliphatic carbocycles. The van der Waals surface area contributed by atoms with Gasteiger partial charge < -0.3 is 14.8 Å². The molecule has 1 unspecified atom stereocenters. The summed E-state index contributed by atoms with van der Waals surface area (Å²) in [6.07, 6.45) is 0.630. The Kier molecular flexibility index (Phi) is 3.97. The molecule has 0 bridgehead atoms. The first-order chi connectivity index (χ1) is 12.2. The van der Waals surface area contributed by atoms with Crippen LogP contribution in [0.25, 0.3) is 11.0 Å². The predicted molar refractivity (Wildman–Crippen MR) is 89.3 cm³/mol. The summed E-state index contributed by atoms with van der Waals surface area (Å²) in [6.45, 7) is 0.792. The van der Waals surface area contributed by atoms with Gasteiger partial charge in [-0.3, -0.25) is 4.79 Å². The number of aromatic nitrogens is 2. The maximum absolute atomic E-state index is 12.5. The summed E-state index contributed by atoms with van der Waals surface area (Å²) in [7, 11) is 1.62. The summed E-state index contributed by atoms with van der Waals surface area (Å²) in [6, 6.07) is 11.2. The number of amides is 1. The molecule has 2 heterocycles. The number of carbonyl (C=O) groups is 1. The topological polar surface area (TPSA) is 86.5 Å². The third-order valence-corrected chi connectivity index (χ3v) is 4.33. The van der Waals surface area contributed by atoms with Crippen LogP contribution in [0.4, 0.5) is 0 Å². The Morgan fingerprint density at radius 1 is 1.24 bits per heavy atom. The lowest BCUT2D eigenvalue weighted by atomic mass is 9.95. The van der Waals surface area contributed by atoms with Gasteiger partial charge >= 0.3 is 0 Å². The summed E-state index contributed by atoms with van der Waals surface area (Å²) in [5.74, 6) is 1.32. The minimum absolute atomic E-state index is 0.0353. The number of methoxy groups -OCH3 is 1. The van der Waals surface area contributed by atoms with Crippen LogP contribution in [0.2, 0.25) is 0 Å². The van der Waals surface area contributed by atoms with E-state index in [2.05, 4.69) is 20.3 Å². The third-order valence-electron chi connectivity index (χ3n) is 4.33. The summed E-state index contributed by atoms with van der Waals surface area (Å²) in [4.78, 5) is 12.5. The third kappa shape index (κ3) is 3.13. The van der Waals surface area contributed by atoms with Gasteiger partial charge in [-0.1, -0.05) is 6.07 Å². The van der Waals surface area contributed by atoms with Gasteiger partial charge in [-0.05, 0) is 58.2 Å². The van der Waals surface area contributed by atoms with E-state index < -0.39 is 0 Å². The first kappa shape index (κ1) is 15.4. The van der Waals surface area contributed by atoms with Gasteiger partial charge in [0.15, 0.2) is 0 Å². The number of hydrogen-bond donors (Lipinski definition) is 1. The molecule has 7 heteroatoms. The molecule has 128 valence electrons. The molecular formula is C18H17N3O4. The number of carbonyl (C=O) groups excluding carboxylic acids is 1. The predicted octanol–water partition coefficient (Wildman–Crippen LogP) is 2.10. The van der Waals surface area contributed by atoms with Crippen LogP contribution in [0.15, 0.2) is 41.0 Å². The highest BCUT2D eigenvalue weighted by Gasteiger charge is 2.26. The second kappa shape index (κ2) is 6.43. The highest BCUT2D eigenvalue weighted by molar-refractivity contribution is 5.80. The molecule has 1 aliphatic rings. The molecule has 1 atom stereocenters. The summed E-state index contributed by atoms with van der Waals surface area (Å²) in [5, 5.41) is 10.5. The number of ether oxygens (including phenoxy) is 2. The maximum atomic E-state index is 12.5. The molecule has 1 N–H and O–H groups in total.